The van der Waals surface area contributed by atoms with Gasteiger partial charge in [-0.15, -0.1) is 0 Å². The molecule has 25 heavy (non-hydrogen) atoms. The topological polar surface area (TPSA) is 79.7 Å². The van der Waals surface area contributed by atoms with Gasteiger partial charge in [0, 0.05) is 23.5 Å². The third-order valence-electron chi connectivity index (χ3n) is 4.84. The molecule has 6 heteroatoms. The maximum atomic E-state index is 13.1. The molecule has 0 spiro atoms. The number of pyridine rings is 1. The molecule has 0 bridgehead atoms. The van der Waals surface area contributed by atoms with E-state index in [0.29, 0.717) is 18.0 Å². The maximum absolute atomic E-state index is 13.1. The van der Waals surface area contributed by atoms with E-state index in [0.717, 1.165) is 35.0 Å². The molecule has 1 amide bonds. The van der Waals surface area contributed by atoms with Crippen LogP contribution >= 0.6 is 0 Å². The Labute approximate surface area is 145 Å². The first-order valence-electron chi connectivity index (χ1n) is 8.58. The summed E-state index contributed by atoms with van der Waals surface area (Å²) < 4.78 is 5.23. The Bertz CT molecular complexity index is 860. The predicted molar refractivity (Wildman–Crippen MR) is 91.7 cm³/mol. The van der Waals surface area contributed by atoms with Crippen LogP contribution < -0.4 is 0 Å². The van der Waals surface area contributed by atoms with Crippen LogP contribution in [-0.4, -0.2) is 52.7 Å². The number of hydrogen-bond donors (Lipinski definition) is 1. The number of ether oxygens (including phenoxy) is 1. The van der Waals surface area contributed by atoms with Crippen LogP contribution in [0.1, 0.15) is 40.4 Å². The van der Waals surface area contributed by atoms with Crippen molar-refractivity contribution in [3.05, 3.63) is 41.1 Å². The van der Waals surface area contributed by atoms with Gasteiger partial charge < -0.3 is 14.7 Å². The van der Waals surface area contributed by atoms with Gasteiger partial charge in [-0.3, -0.25) is 9.78 Å². The number of nitrogens with zero attached hydrogens (tertiary/aromatic N) is 2. The van der Waals surface area contributed by atoms with Crippen molar-refractivity contribution >= 4 is 22.8 Å². The number of carboxylic acids is 1. The van der Waals surface area contributed by atoms with Gasteiger partial charge in [0.2, 0.25) is 0 Å². The molecule has 1 saturated carbocycles. The predicted octanol–water partition coefficient (Wildman–Crippen LogP) is 2.35. The van der Waals surface area contributed by atoms with Gasteiger partial charge in [0.05, 0.1) is 24.2 Å². The number of fused-ring (bicyclic) bond motifs is 1. The molecule has 1 N–H and O–H groups in total. The molecule has 130 valence electrons. The van der Waals surface area contributed by atoms with E-state index in [1.807, 2.05) is 31.2 Å². The summed E-state index contributed by atoms with van der Waals surface area (Å²) in [7, 11) is 0. The molecule has 2 aliphatic rings. The minimum Gasteiger partial charge on any atom is -0.479 e. The van der Waals surface area contributed by atoms with E-state index < -0.39 is 12.1 Å². The first-order valence-corrected chi connectivity index (χ1v) is 8.58. The van der Waals surface area contributed by atoms with Crippen molar-refractivity contribution < 1.29 is 19.4 Å². The smallest absolute Gasteiger partial charge is 0.334 e. The van der Waals surface area contributed by atoms with Crippen LogP contribution in [0.5, 0.6) is 0 Å². The molecule has 1 aliphatic heterocycles. The monoisotopic (exact) mass is 340 g/mol. The van der Waals surface area contributed by atoms with Gasteiger partial charge in [-0.1, -0.05) is 11.6 Å². The number of aliphatic carboxylic acids is 1. The number of benzene rings is 1. The fourth-order valence-corrected chi connectivity index (χ4v) is 3.28. The van der Waals surface area contributed by atoms with Gasteiger partial charge in [0.15, 0.2) is 6.10 Å². The Hall–Kier alpha value is -2.47. The van der Waals surface area contributed by atoms with Crippen molar-refractivity contribution in [1.82, 2.24) is 9.88 Å². The zero-order chi connectivity index (χ0) is 17.6. The molecule has 1 aliphatic carbocycles. The minimum absolute atomic E-state index is 0.0720. The number of carbonyl (C=O) groups excluding carboxylic acids is 1. The van der Waals surface area contributed by atoms with E-state index in [1.54, 1.807) is 4.90 Å². The first-order chi connectivity index (χ1) is 12.0. The number of carbonyl (C=O) groups is 2. The van der Waals surface area contributed by atoms with Crippen molar-refractivity contribution in [2.45, 2.75) is 31.8 Å². The molecular formula is C19H20N2O4. The molecule has 1 saturated heterocycles. The van der Waals surface area contributed by atoms with Crippen LogP contribution in [0.3, 0.4) is 0 Å². The third kappa shape index (κ3) is 3.09. The van der Waals surface area contributed by atoms with E-state index >= 15 is 0 Å². The van der Waals surface area contributed by atoms with Crippen LogP contribution in [0.25, 0.3) is 10.9 Å². The van der Waals surface area contributed by atoms with Crippen LogP contribution in [0.15, 0.2) is 24.3 Å². The zero-order valence-electron chi connectivity index (χ0n) is 14.1. The average molecular weight is 340 g/mol. The van der Waals surface area contributed by atoms with Gasteiger partial charge in [0.1, 0.15) is 0 Å². The standard InChI is InChI=1S/C19H20N2O4/c1-11-2-5-15-13(8-11)14(9-16(20-15)12-3-4-12)18(22)21-6-7-25-17(10-21)19(23)24/h2,5,8-9,12,17H,3-4,6-7,10H2,1H3,(H,23,24)/t17-/m1/s1. The number of aryl methyl sites for hydroxylation is 1. The summed E-state index contributed by atoms with van der Waals surface area (Å²) in [6.45, 7) is 2.69. The second-order valence-electron chi connectivity index (χ2n) is 6.84. The molecule has 6 nitrogen and oxygen atoms in total. The number of morpholine rings is 1. The van der Waals surface area contributed by atoms with Crippen LogP contribution in [-0.2, 0) is 9.53 Å². The highest BCUT2D eigenvalue weighted by Crippen LogP contribution is 2.40. The first kappa shape index (κ1) is 16.0. The van der Waals surface area contributed by atoms with Crippen molar-refractivity contribution in [3.8, 4) is 0 Å². The molecule has 0 unspecified atom stereocenters. The number of rotatable bonds is 3. The molecule has 4 rings (SSSR count). The molecule has 1 atom stereocenters. The number of hydrogen-bond acceptors (Lipinski definition) is 4. The van der Waals surface area contributed by atoms with Gasteiger partial charge in [-0.05, 0) is 38.0 Å². The van der Waals surface area contributed by atoms with Crippen LogP contribution in [0, 0.1) is 6.92 Å². The van der Waals surface area contributed by atoms with Crippen molar-refractivity contribution in [3.63, 3.8) is 0 Å². The van der Waals surface area contributed by atoms with Gasteiger partial charge in [0.25, 0.3) is 5.91 Å². The summed E-state index contributed by atoms with van der Waals surface area (Å²) in [6, 6.07) is 7.82. The normalized spacial score (nSPS) is 20.7. The Morgan fingerprint density at radius 3 is 2.80 bits per heavy atom. The van der Waals surface area contributed by atoms with Crippen molar-refractivity contribution in [2.24, 2.45) is 0 Å². The third-order valence-corrected chi connectivity index (χ3v) is 4.84. The lowest BCUT2D eigenvalue weighted by Gasteiger charge is -2.31. The van der Waals surface area contributed by atoms with Gasteiger partial charge in [-0.2, -0.15) is 0 Å². The largest absolute Gasteiger partial charge is 0.479 e. The molecule has 2 fully saturated rings. The SMILES string of the molecule is Cc1ccc2nc(C3CC3)cc(C(=O)N3CCO[C@@H](C(=O)O)C3)c2c1. The van der Waals surface area contributed by atoms with E-state index in [2.05, 4.69) is 0 Å². The second kappa shape index (κ2) is 6.11. The highest BCUT2D eigenvalue weighted by molar-refractivity contribution is 6.06. The lowest BCUT2D eigenvalue weighted by molar-refractivity contribution is -0.154. The van der Waals surface area contributed by atoms with Gasteiger partial charge >= 0.3 is 5.97 Å². The number of carboxylic acid groups (broad SMARTS) is 1. The second-order valence-corrected chi connectivity index (χ2v) is 6.84. The van der Waals surface area contributed by atoms with Crippen LogP contribution in [0.2, 0.25) is 0 Å². The van der Waals surface area contributed by atoms with Crippen LogP contribution in [0.4, 0.5) is 0 Å². The Morgan fingerprint density at radius 1 is 1.28 bits per heavy atom. The van der Waals surface area contributed by atoms with E-state index in [9.17, 15) is 9.59 Å². The Morgan fingerprint density at radius 2 is 2.08 bits per heavy atom. The number of amides is 1. The molecule has 2 aromatic rings. The average Bonchev–Trinajstić information content (AvgIpc) is 3.45. The Kier molecular flexibility index (Phi) is 3.92. The maximum Gasteiger partial charge on any atom is 0.334 e. The van der Waals surface area contributed by atoms with Crippen molar-refractivity contribution in [2.75, 3.05) is 19.7 Å². The minimum atomic E-state index is -1.04. The molecule has 0 radical (unpaired) electrons. The quantitative estimate of drug-likeness (QED) is 0.928. The fourth-order valence-electron chi connectivity index (χ4n) is 3.28. The summed E-state index contributed by atoms with van der Waals surface area (Å²) >= 11 is 0. The summed E-state index contributed by atoms with van der Waals surface area (Å²) in [5, 5.41) is 10.00. The zero-order valence-corrected chi connectivity index (χ0v) is 14.1. The highest BCUT2D eigenvalue weighted by Gasteiger charge is 2.32. The summed E-state index contributed by atoms with van der Waals surface area (Å²) in [5.74, 6) is -0.741. The lowest BCUT2D eigenvalue weighted by atomic mass is 10.0. The Balaban J connectivity index is 1.75. The molecule has 1 aromatic heterocycles. The molecule has 1 aromatic carbocycles. The highest BCUT2D eigenvalue weighted by atomic mass is 16.5. The molecular weight excluding hydrogens is 320 g/mol. The molecule has 2 heterocycles. The van der Waals surface area contributed by atoms with E-state index in [1.165, 1.54) is 0 Å². The summed E-state index contributed by atoms with van der Waals surface area (Å²) in [6.07, 6.45) is 1.25. The summed E-state index contributed by atoms with van der Waals surface area (Å²) in [5.41, 5.74) is 3.46. The number of aromatic nitrogens is 1. The van der Waals surface area contributed by atoms with E-state index in [-0.39, 0.29) is 19.1 Å². The van der Waals surface area contributed by atoms with Crippen molar-refractivity contribution in [1.29, 1.82) is 0 Å². The van der Waals surface area contributed by atoms with E-state index in [4.69, 9.17) is 14.8 Å². The lowest BCUT2D eigenvalue weighted by Crippen LogP contribution is -2.48. The fraction of sp³-hybridized carbons (Fsp3) is 0.421. The summed E-state index contributed by atoms with van der Waals surface area (Å²) in [4.78, 5) is 30.6. The van der Waals surface area contributed by atoms with Gasteiger partial charge in [-0.25, -0.2) is 4.79 Å².